The number of imide groups is 1. The molecule has 37 heavy (non-hydrogen) atoms. The van der Waals surface area contributed by atoms with Gasteiger partial charge in [-0.1, -0.05) is 6.42 Å². The predicted octanol–water partition coefficient (Wildman–Crippen LogP) is 1.03. The zero-order chi connectivity index (χ0) is 26.8. The molecule has 208 valence electrons. The number of carbonyl (C=O) groups is 5. The standard InChI is InChI=1S/C24H38N4O8S/c1-24(2,35-12-9-21(32)36-28-19(30)7-8-20(28)31)10-13-34-14-11-25-18(29)6-4-3-5-17-22-16(15-37-17)26-23(33)27-22/h16-17,22H,3-15H2,1-2H3,(H,25,29)(H2,26,27,33). The molecule has 3 fully saturated rings. The van der Waals surface area contributed by atoms with E-state index >= 15 is 0 Å². The summed E-state index contributed by atoms with van der Waals surface area (Å²) in [6.07, 6.45) is 3.83. The Bertz CT molecular complexity index is 839. The average molecular weight is 543 g/mol. The molecule has 3 unspecified atom stereocenters. The predicted molar refractivity (Wildman–Crippen MR) is 134 cm³/mol. The van der Waals surface area contributed by atoms with E-state index in [-0.39, 0.29) is 49.9 Å². The number of amides is 5. The van der Waals surface area contributed by atoms with Crippen molar-refractivity contribution in [3.05, 3.63) is 0 Å². The molecule has 3 heterocycles. The van der Waals surface area contributed by atoms with E-state index in [1.807, 2.05) is 25.6 Å². The molecule has 13 heteroatoms. The molecule has 3 saturated heterocycles. The van der Waals surface area contributed by atoms with Crippen LogP contribution in [0, 0.1) is 0 Å². The number of urea groups is 1. The number of nitrogens with zero attached hydrogens (tertiary/aromatic N) is 1. The molecule has 3 aliphatic heterocycles. The third kappa shape index (κ3) is 9.46. The van der Waals surface area contributed by atoms with Crippen LogP contribution in [0.4, 0.5) is 4.79 Å². The van der Waals surface area contributed by atoms with Crippen LogP contribution in [-0.4, -0.2) is 89.8 Å². The largest absolute Gasteiger partial charge is 0.380 e. The number of ether oxygens (including phenoxy) is 2. The summed E-state index contributed by atoms with van der Waals surface area (Å²) in [6, 6.07) is 0.355. The first-order valence-corrected chi connectivity index (χ1v) is 13.9. The van der Waals surface area contributed by atoms with Crippen LogP contribution in [0.2, 0.25) is 0 Å². The van der Waals surface area contributed by atoms with Crippen molar-refractivity contribution in [3.63, 3.8) is 0 Å². The minimum atomic E-state index is -0.697. The topological polar surface area (TPSA) is 152 Å². The number of hydrogen-bond acceptors (Lipinski definition) is 9. The van der Waals surface area contributed by atoms with Crippen molar-refractivity contribution in [2.75, 3.05) is 32.1 Å². The van der Waals surface area contributed by atoms with Crippen molar-refractivity contribution in [2.24, 2.45) is 0 Å². The van der Waals surface area contributed by atoms with E-state index in [2.05, 4.69) is 16.0 Å². The van der Waals surface area contributed by atoms with Gasteiger partial charge in [0.25, 0.3) is 11.8 Å². The van der Waals surface area contributed by atoms with Crippen LogP contribution < -0.4 is 16.0 Å². The molecule has 3 rings (SSSR count). The number of carbonyl (C=O) groups excluding carboxylic acids is 5. The zero-order valence-corrected chi connectivity index (χ0v) is 22.4. The molecule has 3 atom stereocenters. The Balaban J connectivity index is 1.14. The Morgan fingerprint density at radius 2 is 1.81 bits per heavy atom. The molecule has 0 spiro atoms. The third-order valence-corrected chi connectivity index (χ3v) is 8.00. The number of unbranched alkanes of at least 4 members (excludes halogenated alkanes) is 1. The first-order chi connectivity index (χ1) is 17.6. The number of nitrogens with one attached hydrogen (secondary N) is 3. The highest BCUT2D eigenvalue weighted by molar-refractivity contribution is 8.00. The van der Waals surface area contributed by atoms with Crippen molar-refractivity contribution >= 4 is 41.5 Å². The number of fused-ring (bicyclic) bond motifs is 1. The highest BCUT2D eigenvalue weighted by atomic mass is 32.2. The summed E-state index contributed by atoms with van der Waals surface area (Å²) >= 11 is 1.88. The molecular weight excluding hydrogens is 504 g/mol. The summed E-state index contributed by atoms with van der Waals surface area (Å²) in [4.78, 5) is 63.1. The van der Waals surface area contributed by atoms with Gasteiger partial charge >= 0.3 is 12.0 Å². The lowest BCUT2D eigenvalue weighted by Gasteiger charge is -2.25. The summed E-state index contributed by atoms with van der Waals surface area (Å²) in [7, 11) is 0. The molecule has 0 radical (unpaired) electrons. The maximum atomic E-state index is 12.0. The number of hydrogen-bond donors (Lipinski definition) is 3. The van der Waals surface area contributed by atoms with Gasteiger partial charge in [0, 0.05) is 43.4 Å². The number of hydroxylamine groups is 2. The fourth-order valence-corrected chi connectivity index (χ4v) is 5.88. The number of rotatable bonds is 16. The van der Waals surface area contributed by atoms with Crippen molar-refractivity contribution < 1.29 is 38.3 Å². The molecular formula is C24H38N4O8S. The monoisotopic (exact) mass is 542 g/mol. The van der Waals surface area contributed by atoms with E-state index < -0.39 is 23.4 Å². The average Bonchev–Trinajstić information content (AvgIpc) is 3.49. The fourth-order valence-electron chi connectivity index (χ4n) is 4.33. The Labute approximate surface area is 221 Å². The van der Waals surface area contributed by atoms with Gasteiger partial charge in [0.1, 0.15) is 0 Å². The second-order valence-corrected chi connectivity index (χ2v) is 11.3. The lowest BCUT2D eigenvalue weighted by molar-refractivity contribution is -0.198. The maximum Gasteiger partial charge on any atom is 0.335 e. The molecule has 0 aromatic rings. The summed E-state index contributed by atoms with van der Waals surface area (Å²) in [6.45, 7) is 5.08. The lowest BCUT2D eigenvalue weighted by atomic mass is 10.0. The summed E-state index contributed by atoms with van der Waals surface area (Å²) in [5, 5.41) is 9.72. The van der Waals surface area contributed by atoms with E-state index in [4.69, 9.17) is 14.3 Å². The molecule has 0 aromatic carbocycles. The van der Waals surface area contributed by atoms with Crippen molar-refractivity contribution in [1.82, 2.24) is 21.0 Å². The van der Waals surface area contributed by atoms with Crippen LogP contribution in [0.25, 0.3) is 0 Å². The van der Waals surface area contributed by atoms with Crippen LogP contribution in [0.1, 0.15) is 65.2 Å². The van der Waals surface area contributed by atoms with Gasteiger partial charge in [0.2, 0.25) is 5.91 Å². The van der Waals surface area contributed by atoms with Gasteiger partial charge in [0.05, 0.1) is 37.3 Å². The smallest absolute Gasteiger partial charge is 0.335 e. The minimum absolute atomic E-state index is 0.00395. The zero-order valence-electron chi connectivity index (χ0n) is 21.5. The van der Waals surface area contributed by atoms with Gasteiger partial charge in [-0.2, -0.15) is 11.8 Å². The molecule has 0 aromatic heterocycles. The van der Waals surface area contributed by atoms with E-state index in [1.165, 1.54) is 0 Å². The molecule has 12 nitrogen and oxygen atoms in total. The summed E-state index contributed by atoms with van der Waals surface area (Å²) in [5.41, 5.74) is -0.544. The lowest BCUT2D eigenvalue weighted by Crippen LogP contribution is -2.36. The molecule has 0 aliphatic carbocycles. The van der Waals surface area contributed by atoms with Gasteiger partial charge in [0.15, 0.2) is 0 Å². The highest BCUT2D eigenvalue weighted by Gasteiger charge is 2.42. The first kappa shape index (κ1) is 29.2. The SMILES string of the molecule is CC(C)(CCOCCNC(=O)CCCCC1SCC2NC(=O)NC21)OCCC(=O)ON1C(=O)CCC1=O. The van der Waals surface area contributed by atoms with Crippen LogP contribution in [-0.2, 0) is 33.5 Å². The molecule has 3 aliphatic rings. The van der Waals surface area contributed by atoms with Crippen molar-refractivity contribution in [2.45, 2.75) is 88.1 Å². The normalized spacial score (nSPS) is 23.1. The van der Waals surface area contributed by atoms with Gasteiger partial charge in [-0.25, -0.2) is 9.59 Å². The highest BCUT2D eigenvalue weighted by Crippen LogP contribution is 2.33. The third-order valence-electron chi connectivity index (χ3n) is 6.50. The van der Waals surface area contributed by atoms with Gasteiger partial charge < -0.3 is 30.3 Å². The van der Waals surface area contributed by atoms with Crippen LogP contribution in [0.5, 0.6) is 0 Å². The van der Waals surface area contributed by atoms with Gasteiger partial charge in [-0.15, -0.1) is 5.06 Å². The molecule has 3 N–H and O–H groups in total. The van der Waals surface area contributed by atoms with Crippen LogP contribution in [0.3, 0.4) is 0 Å². The minimum Gasteiger partial charge on any atom is -0.380 e. The van der Waals surface area contributed by atoms with E-state index in [0.717, 1.165) is 25.0 Å². The quantitative estimate of drug-likeness (QED) is 0.147. The van der Waals surface area contributed by atoms with E-state index in [1.54, 1.807) is 0 Å². The first-order valence-electron chi connectivity index (χ1n) is 12.9. The van der Waals surface area contributed by atoms with Gasteiger partial charge in [-0.3, -0.25) is 14.4 Å². The van der Waals surface area contributed by atoms with Gasteiger partial charge in [-0.05, 0) is 33.1 Å². The van der Waals surface area contributed by atoms with Crippen molar-refractivity contribution in [3.8, 4) is 0 Å². The number of thioether (sulfide) groups is 1. The van der Waals surface area contributed by atoms with Crippen molar-refractivity contribution in [1.29, 1.82) is 0 Å². The Morgan fingerprint density at radius 3 is 2.57 bits per heavy atom. The molecule has 5 amide bonds. The Hall–Kier alpha value is -2.38. The Morgan fingerprint density at radius 1 is 1.05 bits per heavy atom. The summed E-state index contributed by atoms with van der Waals surface area (Å²) in [5.74, 6) is -0.772. The second-order valence-electron chi connectivity index (χ2n) is 9.98. The maximum absolute atomic E-state index is 12.0. The fraction of sp³-hybridized carbons (Fsp3) is 0.792. The van der Waals surface area contributed by atoms with E-state index in [9.17, 15) is 24.0 Å². The molecule has 0 saturated carbocycles. The summed E-state index contributed by atoms with van der Waals surface area (Å²) < 4.78 is 11.3. The van der Waals surface area contributed by atoms with E-state index in [0.29, 0.717) is 42.9 Å². The molecule has 0 bridgehead atoms. The Kier molecular flexibility index (Phi) is 11.0. The van der Waals surface area contributed by atoms with Crippen LogP contribution in [0.15, 0.2) is 0 Å². The van der Waals surface area contributed by atoms with Crippen LogP contribution >= 0.6 is 11.8 Å². The second kappa shape index (κ2) is 14.0.